The molecule has 1 unspecified atom stereocenters. The lowest BCUT2D eigenvalue weighted by atomic mass is 9.87. The van der Waals surface area contributed by atoms with Crippen LogP contribution in [0, 0.1) is 20.8 Å². The molecule has 0 aliphatic carbocycles. The molecule has 0 saturated heterocycles. The molecule has 0 saturated carbocycles. The number of benzene rings is 1. The summed E-state index contributed by atoms with van der Waals surface area (Å²) < 4.78 is 6.08. The Morgan fingerprint density at radius 3 is 2.39 bits per heavy atom. The first-order valence-electron chi connectivity index (χ1n) is 6.10. The third kappa shape index (κ3) is 2.17. The molecular weight excluding hydrogens is 250 g/mol. The number of phenolic OH excluding ortho intramolecular Hbond substituents is 1. The molecule has 2 rings (SSSR count). The van der Waals surface area contributed by atoms with Crippen molar-refractivity contribution in [3.05, 3.63) is 22.3 Å². The van der Waals surface area contributed by atoms with Crippen LogP contribution in [0.5, 0.6) is 11.5 Å². The summed E-state index contributed by atoms with van der Waals surface area (Å²) in [5.41, 5.74) is 9.52. The highest BCUT2D eigenvalue weighted by molar-refractivity contribution is 5.85. The number of rotatable bonds is 1. The molecule has 3 nitrogen and oxygen atoms in total. The third-order valence-electron chi connectivity index (χ3n) is 4.02. The fourth-order valence-electron chi connectivity index (χ4n) is 2.44. The zero-order chi connectivity index (χ0) is 12.8. The van der Waals surface area contributed by atoms with Gasteiger partial charge in [0, 0.05) is 12.1 Å². The summed E-state index contributed by atoms with van der Waals surface area (Å²) in [6.45, 7) is 8.44. The molecule has 18 heavy (non-hydrogen) atoms. The highest BCUT2D eigenvalue weighted by Crippen LogP contribution is 2.42. The van der Waals surface area contributed by atoms with Crippen LogP contribution in [0.15, 0.2) is 0 Å². The number of phenols is 1. The van der Waals surface area contributed by atoms with E-state index in [2.05, 4.69) is 0 Å². The van der Waals surface area contributed by atoms with Crippen LogP contribution in [0.2, 0.25) is 0 Å². The van der Waals surface area contributed by atoms with Gasteiger partial charge in [-0.1, -0.05) is 0 Å². The first-order chi connectivity index (χ1) is 7.89. The molecule has 1 aromatic carbocycles. The molecule has 0 fully saturated rings. The van der Waals surface area contributed by atoms with Crippen molar-refractivity contribution in [1.82, 2.24) is 0 Å². The second kappa shape index (κ2) is 4.98. The molecule has 0 radical (unpaired) electrons. The molecule has 0 aromatic heterocycles. The second-order valence-electron chi connectivity index (χ2n) is 5.29. The van der Waals surface area contributed by atoms with Gasteiger partial charge in [-0.2, -0.15) is 0 Å². The summed E-state index contributed by atoms with van der Waals surface area (Å²) in [4.78, 5) is 0. The van der Waals surface area contributed by atoms with Gasteiger partial charge in [-0.3, -0.25) is 0 Å². The van der Waals surface area contributed by atoms with Crippen molar-refractivity contribution < 1.29 is 9.84 Å². The molecule has 0 amide bonds. The number of nitrogens with two attached hydrogens (primary N) is 1. The molecule has 3 N–H and O–H groups in total. The lowest BCUT2D eigenvalue weighted by Crippen LogP contribution is -2.43. The van der Waals surface area contributed by atoms with E-state index < -0.39 is 0 Å². The summed E-state index contributed by atoms with van der Waals surface area (Å²) in [7, 11) is 0. The van der Waals surface area contributed by atoms with Gasteiger partial charge in [0.15, 0.2) is 0 Å². The van der Waals surface area contributed by atoms with Crippen LogP contribution in [0.25, 0.3) is 0 Å². The zero-order valence-corrected chi connectivity index (χ0v) is 12.3. The molecule has 102 valence electrons. The van der Waals surface area contributed by atoms with Gasteiger partial charge in [-0.25, -0.2) is 0 Å². The van der Waals surface area contributed by atoms with Gasteiger partial charge in [0.25, 0.3) is 0 Å². The van der Waals surface area contributed by atoms with Crippen LogP contribution in [-0.2, 0) is 6.42 Å². The Bertz CT molecular complexity index is 474. The van der Waals surface area contributed by atoms with Gasteiger partial charge in [0.2, 0.25) is 0 Å². The summed E-state index contributed by atoms with van der Waals surface area (Å²) in [6.07, 6.45) is 1.82. The minimum atomic E-state index is -0.270. The predicted octanol–water partition coefficient (Wildman–Crippen LogP) is 2.78. The average Bonchev–Trinajstić information content (AvgIpc) is 2.33. The molecule has 0 spiro atoms. The van der Waals surface area contributed by atoms with E-state index in [9.17, 15) is 5.11 Å². The molecule has 1 aromatic rings. The van der Waals surface area contributed by atoms with Crippen LogP contribution in [0.1, 0.15) is 35.6 Å². The van der Waals surface area contributed by atoms with Crippen LogP contribution in [0.3, 0.4) is 0 Å². The molecular formula is C14H22ClNO2. The number of fused-ring (bicyclic) bond motifs is 1. The van der Waals surface area contributed by atoms with E-state index >= 15 is 0 Å². The predicted molar refractivity (Wildman–Crippen MR) is 76.0 cm³/mol. The Hall–Kier alpha value is -0.930. The standard InChI is InChI=1S/C14H21NO2.ClH/c1-8-9(2)13-11(10(3)12(8)16)5-6-14(4,7-15)17-13;/h16H,5-7,15H2,1-4H3;1H. The summed E-state index contributed by atoms with van der Waals surface area (Å²) in [5, 5.41) is 10.1. The topological polar surface area (TPSA) is 55.5 Å². The SMILES string of the molecule is Cc1c(C)c2c(c(C)c1O)CCC(C)(CN)O2.Cl. The molecule has 4 heteroatoms. The van der Waals surface area contributed by atoms with Crippen LogP contribution >= 0.6 is 12.4 Å². The van der Waals surface area contributed by atoms with Crippen molar-refractivity contribution in [3.63, 3.8) is 0 Å². The van der Waals surface area contributed by atoms with E-state index in [0.717, 1.165) is 40.8 Å². The number of halogens is 1. The first-order valence-corrected chi connectivity index (χ1v) is 6.10. The molecule has 1 aliphatic rings. The van der Waals surface area contributed by atoms with E-state index in [-0.39, 0.29) is 18.0 Å². The maximum Gasteiger partial charge on any atom is 0.127 e. The van der Waals surface area contributed by atoms with Crippen LogP contribution in [-0.4, -0.2) is 17.3 Å². The van der Waals surface area contributed by atoms with Gasteiger partial charge in [-0.15, -0.1) is 12.4 Å². The van der Waals surface area contributed by atoms with Gasteiger partial charge in [0.05, 0.1) is 0 Å². The number of aromatic hydroxyl groups is 1. The maximum absolute atomic E-state index is 10.1. The van der Waals surface area contributed by atoms with Crippen molar-refractivity contribution in [2.24, 2.45) is 5.73 Å². The largest absolute Gasteiger partial charge is 0.507 e. The van der Waals surface area contributed by atoms with E-state index in [1.165, 1.54) is 0 Å². The Morgan fingerprint density at radius 2 is 1.83 bits per heavy atom. The summed E-state index contributed by atoms with van der Waals surface area (Å²) >= 11 is 0. The van der Waals surface area contributed by atoms with Crippen molar-refractivity contribution in [2.75, 3.05) is 6.54 Å². The Labute approximate surface area is 115 Å². The molecule has 0 bridgehead atoms. The lowest BCUT2D eigenvalue weighted by molar-refractivity contribution is 0.0724. The molecule has 1 heterocycles. The smallest absolute Gasteiger partial charge is 0.127 e. The van der Waals surface area contributed by atoms with E-state index in [0.29, 0.717) is 12.3 Å². The Morgan fingerprint density at radius 1 is 1.22 bits per heavy atom. The number of hydrogen-bond donors (Lipinski definition) is 2. The summed E-state index contributed by atoms with van der Waals surface area (Å²) in [6, 6.07) is 0. The lowest BCUT2D eigenvalue weighted by Gasteiger charge is -2.37. The van der Waals surface area contributed by atoms with Crippen LogP contribution < -0.4 is 10.5 Å². The molecule has 1 aliphatic heterocycles. The fraction of sp³-hybridized carbons (Fsp3) is 0.571. The zero-order valence-electron chi connectivity index (χ0n) is 11.5. The summed E-state index contributed by atoms with van der Waals surface area (Å²) in [5.74, 6) is 1.33. The monoisotopic (exact) mass is 271 g/mol. The Kier molecular flexibility index (Phi) is 4.19. The normalized spacial score (nSPS) is 21.8. The van der Waals surface area contributed by atoms with Gasteiger partial charge in [0.1, 0.15) is 17.1 Å². The van der Waals surface area contributed by atoms with Gasteiger partial charge < -0.3 is 15.6 Å². The minimum Gasteiger partial charge on any atom is -0.507 e. The van der Waals surface area contributed by atoms with Gasteiger partial charge in [-0.05, 0) is 57.2 Å². The second-order valence-corrected chi connectivity index (χ2v) is 5.29. The van der Waals surface area contributed by atoms with E-state index in [1.54, 1.807) is 0 Å². The van der Waals surface area contributed by atoms with Crippen molar-refractivity contribution in [1.29, 1.82) is 0 Å². The number of hydrogen-bond acceptors (Lipinski definition) is 3. The van der Waals surface area contributed by atoms with Crippen molar-refractivity contribution in [3.8, 4) is 11.5 Å². The average molecular weight is 272 g/mol. The number of ether oxygens (including phenoxy) is 1. The fourth-order valence-corrected chi connectivity index (χ4v) is 2.44. The van der Waals surface area contributed by atoms with Crippen molar-refractivity contribution in [2.45, 2.75) is 46.1 Å². The third-order valence-corrected chi connectivity index (χ3v) is 4.02. The molecule has 1 atom stereocenters. The first kappa shape index (κ1) is 15.1. The highest BCUT2D eigenvalue weighted by Gasteiger charge is 2.33. The highest BCUT2D eigenvalue weighted by atomic mass is 35.5. The maximum atomic E-state index is 10.1. The van der Waals surface area contributed by atoms with E-state index in [1.807, 2.05) is 27.7 Å². The van der Waals surface area contributed by atoms with Gasteiger partial charge >= 0.3 is 0 Å². The van der Waals surface area contributed by atoms with Crippen LogP contribution in [0.4, 0.5) is 0 Å². The minimum absolute atomic E-state index is 0. The van der Waals surface area contributed by atoms with Crippen molar-refractivity contribution >= 4 is 12.4 Å². The Balaban J connectivity index is 0.00000162. The quantitative estimate of drug-likeness (QED) is 0.826. The van der Waals surface area contributed by atoms with E-state index in [4.69, 9.17) is 10.5 Å².